The molecule has 2 N–H and O–H groups in total. The zero-order valence-corrected chi connectivity index (χ0v) is 15.8. The van der Waals surface area contributed by atoms with E-state index in [0.29, 0.717) is 11.8 Å². The molecule has 3 aliphatic heterocycles. The molecule has 2 atom stereocenters. The molecule has 144 valence electrons. The number of H-pyrrole nitrogens is 1. The van der Waals surface area contributed by atoms with E-state index in [1.165, 1.54) is 42.4 Å². The van der Waals surface area contributed by atoms with E-state index in [1.807, 2.05) is 12.3 Å². The topological polar surface area (TPSA) is 39.3 Å². The molecule has 6 rings (SSSR count). The Balaban J connectivity index is 0.00000120. The van der Waals surface area contributed by atoms with Gasteiger partial charge in [-0.3, -0.25) is 0 Å². The van der Waals surface area contributed by atoms with E-state index >= 15 is 0 Å². The predicted molar refractivity (Wildman–Crippen MR) is 114 cm³/mol. The number of rotatable bonds is 5. The third-order valence-corrected chi connectivity index (χ3v) is 6.96. The Kier molecular flexibility index (Phi) is 4.30. The molecule has 0 saturated carbocycles. The average Bonchev–Trinajstić information content (AvgIpc) is 3.21. The van der Waals surface area contributed by atoms with Gasteiger partial charge in [-0.1, -0.05) is 36.4 Å². The highest BCUT2D eigenvalue weighted by Crippen LogP contribution is 2.45. The van der Waals surface area contributed by atoms with Gasteiger partial charge in [-0.05, 0) is 79.4 Å². The second kappa shape index (κ2) is 6.81. The van der Waals surface area contributed by atoms with Crippen molar-refractivity contribution in [3.05, 3.63) is 71.9 Å². The summed E-state index contributed by atoms with van der Waals surface area (Å²) in [6.07, 6.45) is 6.13. The van der Waals surface area contributed by atoms with E-state index in [2.05, 4.69) is 58.4 Å². The van der Waals surface area contributed by atoms with Gasteiger partial charge in [0.1, 0.15) is 0 Å². The SMILES string of the molecule is OC(CCc1ccc2[nH]ccc2c1)(c1ccccc1)C1CN2CCC1CC2.[HH].[HH]. The molecular formula is C24H32N2O. The molecule has 0 spiro atoms. The quantitative estimate of drug-likeness (QED) is 0.681. The lowest BCUT2D eigenvalue weighted by molar-refractivity contribution is -0.106. The Morgan fingerprint density at radius 2 is 1.89 bits per heavy atom. The molecule has 3 fully saturated rings. The number of aromatic nitrogens is 1. The van der Waals surface area contributed by atoms with Crippen molar-refractivity contribution in [2.24, 2.45) is 11.8 Å². The molecular weight excluding hydrogens is 332 g/mol. The third kappa shape index (κ3) is 3.09. The highest BCUT2D eigenvalue weighted by molar-refractivity contribution is 5.79. The molecule has 2 unspecified atom stereocenters. The summed E-state index contributed by atoms with van der Waals surface area (Å²) in [4.78, 5) is 5.81. The minimum absolute atomic E-state index is 0. The molecule has 0 aliphatic carbocycles. The smallest absolute Gasteiger partial charge is 0.0942 e. The molecule has 3 saturated heterocycles. The fourth-order valence-corrected chi connectivity index (χ4v) is 5.37. The molecule has 0 radical (unpaired) electrons. The van der Waals surface area contributed by atoms with Crippen molar-refractivity contribution in [2.75, 3.05) is 19.6 Å². The Labute approximate surface area is 164 Å². The van der Waals surface area contributed by atoms with E-state index in [-0.39, 0.29) is 2.85 Å². The van der Waals surface area contributed by atoms with Crippen molar-refractivity contribution in [3.8, 4) is 0 Å². The zero-order valence-electron chi connectivity index (χ0n) is 15.8. The van der Waals surface area contributed by atoms with Crippen LogP contribution in [0.5, 0.6) is 0 Å². The zero-order chi connectivity index (χ0) is 18.3. The fraction of sp³-hybridized carbons (Fsp3) is 0.417. The Hall–Kier alpha value is -2.10. The molecule has 1 aromatic heterocycles. The predicted octanol–water partition coefficient (Wildman–Crippen LogP) is 4.82. The largest absolute Gasteiger partial charge is 0.385 e. The van der Waals surface area contributed by atoms with Crippen LogP contribution in [0.15, 0.2) is 60.8 Å². The normalized spacial score (nSPS) is 26.9. The van der Waals surface area contributed by atoms with Crippen molar-refractivity contribution in [1.29, 1.82) is 0 Å². The van der Waals surface area contributed by atoms with Crippen molar-refractivity contribution in [3.63, 3.8) is 0 Å². The first-order chi connectivity index (χ1) is 13.2. The minimum atomic E-state index is -0.752. The highest BCUT2D eigenvalue weighted by Gasteiger charge is 2.47. The first-order valence-electron chi connectivity index (χ1n) is 10.3. The maximum absolute atomic E-state index is 12.0. The number of benzene rings is 2. The summed E-state index contributed by atoms with van der Waals surface area (Å²) < 4.78 is 0. The summed E-state index contributed by atoms with van der Waals surface area (Å²) in [6, 6.07) is 19.1. The summed E-state index contributed by atoms with van der Waals surface area (Å²) in [5.41, 5.74) is 2.82. The van der Waals surface area contributed by atoms with E-state index < -0.39 is 5.60 Å². The van der Waals surface area contributed by atoms with Crippen LogP contribution in [-0.2, 0) is 12.0 Å². The lowest BCUT2D eigenvalue weighted by atomic mass is 9.66. The van der Waals surface area contributed by atoms with Gasteiger partial charge in [0.05, 0.1) is 5.60 Å². The number of hydrogen-bond donors (Lipinski definition) is 2. The first kappa shape index (κ1) is 17.0. The van der Waals surface area contributed by atoms with Gasteiger partial charge < -0.3 is 15.0 Å². The molecule has 3 heteroatoms. The molecule has 2 bridgehead atoms. The van der Waals surface area contributed by atoms with Crippen LogP contribution in [0.25, 0.3) is 10.9 Å². The van der Waals surface area contributed by atoms with Crippen LogP contribution in [0.2, 0.25) is 0 Å². The number of piperidine rings is 3. The number of aromatic amines is 1. The van der Waals surface area contributed by atoms with Crippen LogP contribution >= 0.6 is 0 Å². The Morgan fingerprint density at radius 1 is 1.07 bits per heavy atom. The van der Waals surface area contributed by atoms with Crippen molar-refractivity contribution in [2.45, 2.75) is 31.3 Å². The van der Waals surface area contributed by atoms with Crippen LogP contribution in [0.1, 0.15) is 33.2 Å². The van der Waals surface area contributed by atoms with Crippen LogP contribution in [0.4, 0.5) is 0 Å². The van der Waals surface area contributed by atoms with Crippen LogP contribution < -0.4 is 0 Å². The van der Waals surface area contributed by atoms with Gasteiger partial charge in [0, 0.05) is 27.0 Å². The first-order valence-corrected chi connectivity index (χ1v) is 10.3. The van der Waals surface area contributed by atoms with Crippen LogP contribution in [0.3, 0.4) is 0 Å². The Bertz CT molecular complexity index is 921. The van der Waals surface area contributed by atoms with Crippen molar-refractivity contribution >= 4 is 10.9 Å². The van der Waals surface area contributed by atoms with Crippen LogP contribution in [0, 0.1) is 11.8 Å². The number of nitrogens with zero attached hydrogens (tertiary/aromatic N) is 1. The van der Waals surface area contributed by atoms with E-state index in [1.54, 1.807) is 0 Å². The van der Waals surface area contributed by atoms with E-state index in [9.17, 15) is 5.11 Å². The van der Waals surface area contributed by atoms with Gasteiger partial charge in [-0.15, -0.1) is 0 Å². The summed E-state index contributed by atoms with van der Waals surface area (Å²) in [7, 11) is 0. The highest BCUT2D eigenvalue weighted by atomic mass is 16.3. The van der Waals surface area contributed by atoms with Crippen molar-refractivity contribution in [1.82, 2.24) is 9.88 Å². The Morgan fingerprint density at radius 3 is 2.63 bits per heavy atom. The summed E-state index contributed by atoms with van der Waals surface area (Å²) in [5.74, 6) is 0.978. The molecule has 0 amide bonds. The van der Waals surface area contributed by atoms with Crippen molar-refractivity contribution < 1.29 is 7.96 Å². The van der Waals surface area contributed by atoms with Gasteiger partial charge >= 0.3 is 0 Å². The number of fused-ring (bicyclic) bond motifs is 4. The summed E-state index contributed by atoms with van der Waals surface area (Å²) >= 11 is 0. The summed E-state index contributed by atoms with van der Waals surface area (Å²) in [5, 5.41) is 13.3. The number of aliphatic hydroxyl groups is 1. The van der Waals surface area contributed by atoms with Gasteiger partial charge in [-0.2, -0.15) is 0 Å². The number of nitrogens with one attached hydrogen (secondary N) is 1. The maximum Gasteiger partial charge on any atom is 0.0942 e. The van der Waals surface area contributed by atoms with Gasteiger partial charge in [-0.25, -0.2) is 0 Å². The number of aryl methyl sites for hydroxylation is 1. The number of hydrogen-bond acceptors (Lipinski definition) is 2. The minimum Gasteiger partial charge on any atom is -0.385 e. The fourth-order valence-electron chi connectivity index (χ4n) is 5.37. The van der Waals surface area contributed by atoms with Gasteiger partial charge in [0.2, 0.25) is 0 Å². The molecule has 3 aliphatic rings. The monoisotopic (exact) mass is 364 g/mol. The third-order valence-electron chi connectivity index (χ3n) is 6.96. The molecule has 3 nitrogen and oxygen atoms in total. The maximum atomic E-state index is 12.0. The lowest BCUT2D eigenvalue weighted by Crippen LogP contribution is -2.55. The molecule has 27 heavy (non-hydrogen) atoms. The second-order valence-electron chi connectivity index (χ2n) is 8.43. The van der Waals surface area contributed by atoms with Crippen LogP contribution in [-0.4, -0.2) is 34.6 Å². The standard InChI is InChI=1S/C24H28N2O.2H2/c27-24(21-4-2-1-3-5-21,22-17-26-14-10-19(22)11-15-26)12-8-18-6-7-23-20(16-18)9-13-25-23;;/h1-7,9,13,16,19,22,25,27H,8,10-12,14-15,17H2;2*1H. The van der Waals surface area contributed by atoms with Gasteiger partial charge in [0.15, 0.2) is 0 Å². The van der Waals surface area contributed by atoms with Gasteiger partial charge in [0.25, 0.3) is 0 Å². The molecule has 2 aromatic carbocycles. The summed E-state index contributed by atoms with van der Waals surface area (Å²) in [6.45, 7) is 3.44. The average molecular weight is 365 g/mol. The van der Waals surface area contributed by atoms with E-state index in [0.717, 1.165) is 24.9 Å². The second-order valence-corrected chi connectivity index (χ2v) is 8.43. The molecule has 4 heterocycles. The lowest BCUT2D eigenvalue weighted by Gasteiger charge is -2.51. The molecule has 3 aromatic rings. The van der Waals surface area contributed by atoms with E-state index in [4.69, 9.17) is 0 Å².